The zero-order valence-corrected chi connectivity index (χ0v) is 14.5. The van der Waals surface area contributed by atoms with Gasteiger partial charge in [-0.1, -0.05) is 29.3 Å². The zero-order chi connectivity index (χ0) is 16.8. The van der Waals surface area contributed by atoms with Crippen molar-refractivity contribution in [1.29, 1.82) is 0 Å². The van der Waals surface area contributed by atoms with E-state index in [-0.39, 0.29) is 27.2 Å². The Morgan fingerprint density at radius 1 is 1.39 bits per heavy atom. The van der Waals surface area contributed by atoms with Crippen LogP contribution in [0.3, 0.4) is 0 Å². The molecule has 2 N–H and O–H groups in total. The number of nitrogens with one attached hydrogen (secondary N) is 1. The van der Waals surface area contributed by atoms with E-state index in [4.69, 9.17) is 23.2 Å². The third-order valence-corrected chi connectivity index (χ3v) is 6.68. The summed E-state index contributed by atoms with van der Waals surface area (Å²) in [6.45, 7) is -0.0671. The molecule has 10 heteroatoms. The number of carboxylic acid groups (broad SMARTS) is 1. The predicted molar refractivity (Wildman–Crippen MR) is 88.6 cm³/mol. The van der Waals surface area contributed by atoms with Crippen molar-refractivity contribution in [3.63, 3.8) is 0 Å². The van der Waals surface area contributed by atoms with E-state index in [9.17, 15) is 18.3 Å². The molecule has 0 radical (unpaired) electrons. The monoisotopic (exact) mass is 392 g/mol. The number of nitrogens with zero attached hydrogens (tertiary/aromatic N) is 1. The number of thiophene rings is 1. The predicted octanol–water partition coefficient (Wildman–Crippen LogP) is 3.08. The zero-order valence-electron chi connectivity index (χ0n) is 11.4. The van der Waals surface area contributed by atoms with Crippen molar-refractivity contribution in [3.05, 3.63) is 44.6 Å². The Bertz CT molecular complexity index is 868. The van der Waals surface area contributed by atoms with Crippen LogP contribution in [0.2, 0.25) is 10.0 Å². The lowest BCUT2D eigenvalue weighted by molar-refractivity contribution is -0.140. The number of aliphatic carboxylic acids is 1. The van der Waals surface area contributed by atoms with E-state index in [2.05, 4.69) is 5.32 Å². The molecule has 122 valence electrons. The van der Waals surface area contributed by atoms with Crippen molar-refractivity contribution in [2.45, 2.75) is 17.6 Å². The smallest absolute Gasteiger partial charge is 0.342 e. The molecule has 3 rings (SSSR count). The van der Waals surface area contributed by atoms with Crippen LogP contribution in [0, 0.1) is 0 Å². The van der Waals surface area contributed by atoms with Gasteiger partial charge in [0.05, 0.1) is 17.3 Å². The van der Waals surface area contributed by atoms with Crippen LogP contribution in [-0.2, 0) is 21.4 Å². The van der Waals surface area contributed by atoms with Gasteiger partial charge in [-0.15, -0.1) is 11.3 Å². The van der Waals surface area contributed by atoms with Crippen LogP contribution in [0.15, 0.2) is 34.5 Å². The van der Waals surface area contributed by atoms with Crippen LogP contribution < -0.4 is 5.32 Å². The first-order valence-corrected chi connectivity index (χ1v) is 9.41. The second-order valence-corrected chi connectivity index (χ2v) is 8.48. The summed E-state index contributed by atoms with van der Waals surface area (Å²) in [4.78, 5) is 12.1. The van der Waals surface area contributed by atoms with E-state index in [1.54, 1.807) is 17.5 Å². The highest BCUT2D eigenvalue weighted by Gasteiger charge is 2.43. The van der Waals surface area contributed by atoms with Crippen molar-refractivity contribution in [2.24, 2.45) is 0 Å². The first-order chi connectivity index (χ1) is 10.8. The highest BCUT2D eigenvalue weighted by Crippen LogP contribution is 2.40. The Kier molecular flexibility index (Phi) is 4.28. The highest BCUT2D eigenvalue weighted by molar-refractivity contribution is 7.89. The second kappa shape index (κ2) is 5.95. The van der Waals surface area contributed by atoms with Crippen molar-refractivity contribution in [2.75, 3.05) is 5.32 Å². The van der Waals surface area contributed by atoms with E-state index in [0.717, 1.165) is 9.18 Å². The van der Waals surface area contributed by atoms with Crippen molar-refractivity contribution in [3.8, 4) is 0 Å². The minimum Gasteiger partial charge on any atom is -0.479 e. The molecule has 1 aromatic carbocycles. The summed E-state index contributed by atoms with van der Waals surface area (Å²) in [6.07, 6.45) is -1.44. The third kappa shape index (κ3) is 2.92. The summed E-state index contributed by atoms with van der Waals surface area (Å²) >= 11 is 13.2. The first-order valence-electron chi connectivity index (χ1n) is 6.33. The number of benzene rings is 1. The maximum Gasteiger partial charge on any atom is 0.342 e. The second-order valence-electron chi connectivity index (χ2n) is 4.78. The van der Waals surface area contributed by atoms with Crippen LogP contribution in [-0.4, -0.2) is 30.0 Å². The van der Waals surface area contributed by atoms with Gasteiger partial charge in [-0.05, 0) is 23.6 Å². The largest absolute Gasteiger partial charge is 0.479 e. The van der Waals surface area contributed by atoms with Gasteiger partial charge in [0.15, 0.2) is 6.17 Å². The number of hydrogen-bond donors (Lipinski definition) is 2. The Balaban J connectivity index is 2.16. The molecular weight excluding hydrogens is 383 g/mol. The molecule has 6 nitrogen and oxygen atoms in total. The molecule has 1 aliphatic rings. The summed E-state index contributed by atoms with van der Waals surface area (Å²) in [7, 11) is -4.09. The fraction of sp³-hybridized carbons (Fsp3) is 0.154. The van der Waals surface area contributed by atoms with Gasteiger partial charge in [-0.2, -0.15) is 4.31 Å². The molecule has 1 atom stereocenters. The number of sulfonamides is 1. The quantitative estimate of drug-likeness (QED) is 0.837. The molecule has 1 aliphatic heterocycles. The number of rotatable bonds is 3. The van der Waals surface area contributed by atoms with E-state index >= 15 is 0 Å². The van der Waals surface area contributed by atoms with Crippen LogP contribution >= 0.6 is 34.5 Å². The third-order valence-electron chi connectivity index (χ3n) is 3.28. The van der Waals surface area contributed by atoms with Crippen molar-refractivity contribution in [1.82, 2.24) is 4.31 Å². The maximum absolute atomic E-state index is 12.9. The molecule has 0 spiro atoms. The molecule has 2 heterocycles. The first kappa shape index (κ1) is 16.5. The van der Waals surface area contributed by atoms with Gasteiger partial charge < -0.3 is 10.4 Å². The van der Waals surface area contributed by atoms with E-state index in [0.29, 0.717) is 0 Å². The van der Waals surface area contributed by atoms with E-state index in [1.165, 1.54) is 23.5 Å². The summed E-state index contributed by atoms with van der Waals surface area (Å²) < 4.78 is 26.6. The van der Waals surface area contributed by atoms with Crippen molar-refractivity contribution >= 4 is 56.2 Å². The molecule has 0 fully saturated rings. The molecule has 0 saturated heterocycles. The van der Waals surface area contributed by atoms with Gasteiger partial charge in [-0.25, -0.2) is 13.2 Å². The van der Waals surface area contributed by atoms with Gasteiger partial charge in [-0.3, -0.25) is 0 Å². The van der Waals surface area contributed by atoms with Crippen LogP contribution in [0.25, 0.3) is 0 Å². The molecule has 1 aromatic heterocycles. The Morgan fingerprint density at radius 2 is 2.13 bits per heavy atom. The highest BCUT2D eigenvalue weighted by atomic mass is 35.5. The molecule has 2 aromatic rings. The summed E-state index contributed by atoms with van der Waals surface area (Å²) in [5.41, 5.74) is 0.0809. The van der Waals surface area contributed by atoms with E-state index in [1.807, 2.05) is 0 Å². The number of fused-ring (bicyclic) bond motifs is 1. The normalized spacial score (nSPS) is 19.8. The lowest BCUT2D eigenvalue weighted by Gasteiger charge is -2.34. The maximum atomic E-state index is 12.9. The van der Waals surface area contributed by atoms with Gasteiger partial charge in [0.2, 0.25) is 10.0 Å². The Morgan fingerprint density at radius 3 is 2.74 bits per heavy atom. The summed E-state index contributed by atoms with van der Waals surface area (Å²) in [5.74, 6) is -1.31. The average molecular weight is 393 g/mol. The Labute approximate surface area is 146 Å². The van der Waals surface area contributed by atoms with Gasteiger partial charge in [0, 0.05) is 9.90 Å². The number of halogens is 2. The fourth-order valence-corrected chi connectivity index (χ4v) is 5.56. The molecular formula is C13H10Cl2N2O4S2. The SMILES string of the molecule is O=C(O)C1Nc2cc(Cl)cc(Cl)c2S(=O)(=O)N1Cc1cccs1. The Hall–Kier alpha value is -1.32. The lowest BCUT2D eigenvalue weighted by atomic mass is 10.3. The van der Waals surface area contributed by atoms with Crippen LogP contribution in [0.1, 0.15) is 4.88 Å². The minimum atomic E-state index is -4.09. The minimum absolute atomic E-state index is 0.0555. The van der Waals surface area contributed by atoms with Crippen LogP contribution in [0.5, 0.6) is 0 Å². The van der Waals surface area contributed by atoms with Gasteiger partial charge in [0.1, 0.15) is 4.90 Å². The van der Waals surface area contributed by atoms with Crippen LogP contribution in [0.4, 0.5) is 5.69 Å². The average Bonchev–Trinajstić information content (AvgIpc) is 2.93. The number of carbonyl (C=O) groups is 1. The number of carboxylic acids is 1. The number of hydrogen-bond acceptors (Lipinski definition) is 5. The molecule has 23 heavy (non-hydrogen) atoms. The molecule has 0 bridgehead atoms. The molecule has 0 saturated carbocycles. The topological polar surface area (TPSA) is 86.7 Å². The summed E-state index contributed by atoms with van der Waals surface area (Å²) in [5, 5.41) is 14.0. The van der Waals surface area contributed by atoms with Gasteiger partial charge >= 0.3 is 5.97 Å². The summed E-state index contributed by atoms with van der Waals surface area (Å²) in [6, 6.07) is 6.16. The van der Waals surface area contributed by atoms with Crippen molar-refractivity contribution < 1.29 is 18.3 Å². The number of anilines is 1. The lowest BCUT2D eigenvalue weighted by Crippen LogP contribution is -2.52. The van der Waals surface area contributed by atoms with Gasteiger partial charge in [0.25, 0.3) is 0 Å². The molecule has 0 amide bonds. The molecule has 1 unspecified atom stereocenters. The standard InChI is InChI=1S/C13H10Cl2N2O4S2/c14-7-4-9(15)11-10(5-7)16-12(13(18)19)17(23(11,20)21)6-8-2-1-3-22-8/h1-5,12,16H,6H2,(H,18,19). The fourth-order valence-electron chi connectivity index (χ4n) is 2.32. The van der Waals surface area contributed by atoms with E-state index < -0.39 is 22.2 Å². The molecule has 0 aliphatic carbocycles.